The number of carbonyl (C=O) groups is 2. The standard InChI is InChI=1S/C15H17N3O6S/c1-4-18-9-11(8-16-18)25(21,22)17-13-7-10(14(19)23-2)5-6-12(13)15(20)24-3/h5-9,17H,4H2,1-3H3. The molecule has 1 aromatic carbocycles. The fourth-order valence-electron chi connectivity index (χ4n) is 2.02. The van der Waals surface area contributed by atoms with Gasteiger partial charge in [-0.1, -0.05) is 0 Å². The minimum Gasteiger partial charge on any atom is -0.465 e. The molecule has 0 spiro atoms. The van der Waals surface area contributed by atoms with Gasteiger partial charge in [0.25, 0.3) is 10.0 Å². The molecule has 0 unspecified atom stereocenters. The van der Waals surface area contributed by atoms with Crippen LogP contribution in [0.5, 0.6) is 0 Å². The number of anilines is 1. The number of esters is 2. The zero-order valence-corrected chi connectivity index (χ0v) is 14.7. The van der Waals surface area contributed by atoms with Crippen LogP contribution in [-0.4, -0.2) is 44.4 Å². The predicted octanol–water partition coefficient (Wildman–Crippen LogP) is 1.28. The Balaban J connectivity index is 2.47. The number of rotatable bonds is 6. The van der Waals surface area contributed by atoms with Gasteiger partial charge in [0, 0.05) is 12.7 Å². The van der Waals surface area contributed by atoms with Crippen molar-refractivity contribution in [1.29, 1.82) is 0 Å². The van der Waals surface area contributed by atoms with Gasteiger partial charge < -0.3 is 9.47 Å². The third kappa shape index (κ3) is 3.97. The van der Waals surface area contributed by atoms with Gasteiger partial charge in [0.05, 0.1) is 37.2 Å². The van der Waals surface area contributed by atoms with Crippen LogP contribution in [0, 0.1) is 0 Å². The average Bonchev–Trinajstić information content (AvgIpc) is 3.10. The Kier molecular flexibility index (Phi) is 5.42. The van der Waals surface area contributed by atoms with Gasteiger partial charge in [0.1, 0.15) is 4.90 Å². The summed E-state index contributed by atoms with van der Waals surface area (Å²) in [7, 11) is -1.65. The van der Waals surface area contributed by atoms with Crippen molar-refractivity contribution < 1.29 is 27.5 Å². The van der Waals surface area contributed by atoms with E-state index >= 15 is 0 Å². The molecule has 0 saturated heterocycles. The zero-order valence-electron chi connectivity index (χ0n) is 13.8. The Morgan fingerprint density at radius 1 is 1.20 bits per heavy atom. The lowest BCUT2D eigenvalue weighted by atomic mass is 10.1. The number of hydrogen-bond acceptors (Lipinski definition) is 7. The maximum Gasteiger partial charge on any atom is 0.339 e. The van der Waals surface area contributed by atoms with Crippen LogP contribution in [0.2, 0.25) is 0 Å². The molecule has 1 aromatic heterocycles. The molecule has 10 heteroatoms. The monoisotopic (exact) mass is 367 g/mol. The van der Waals surface area contributed by atoms with E-state index in [9.17, 15) is 18.0 Å². The summed E-state index contributed by atoms with van der Waals surface area (Å²) in [5.74, 6) is -1.42. The van der Waals surface area contributed by atoms with Crippen molar-refractivity contribution >= 4 is 27.6 Å². The van der Waals surface area contributed by atoms with E-state index in [0.29, 0.717) is 6.54 Å². The highest BCUT2D eigenvalue weighted by Gasteiger charge is 2.22. The van der Waals surface area contributed by atoms with E-state index in [1.807, 2.05) is 6.92 Å². The zero-order chi connectivity index (χ0) is 18.6. The molecule has 134 valence electrons. The Bertz CT molecular complexity index is 904. The molecule has 0 radical (unpaired) electrons. The van der Waals surface area contributed by atoms with E-state index in [1.54, 1.807) is 0 Å². The smallest absolute Gasteiger partial charge is 0.339 e. The van der Waals surface area contributed by atoms with E-state index < -0.39 is 22.0 Å². The van der Waals surface area contributed by atoms with E-state index in [0.717, 1.165) is 0 Å². The molecule has 0 fully saturated rings. The number of sulfonamides is 1. The maximum atomic E-state index is 12.5. The van der Waals surface area contributed by atoms with Crippen LogP contribution in [0.15, 0.2) is 35.5 Å². The van der Waals surface area contributed by atoms with E-state index in [-0.39, 0.29) is 21.7 Å². The SMILES string of the molecule is CCn1cc(S(=O)(=O)Nc2cc(C(=O)OC)ccc2C(=O)OC)cn1. The third-order valence-corrected chi connectivity index (χ3v) is 4.65. The van der Waals surface area contributed by atoms with Gasteiger partial charge in [-0.3, -0.25) is 9.40 Å². The number of carbonyl (C=O) groups excluding carboxylic acids is 2. The van der Waals surface area contributed by atoms with Crippen molar-refractivity contribution in [3.8, 4) is 0 Å². The number of aromatic nitrogens is 2. The lowest BCUT2D eigenvalue weighted by Crippen LogP contribution is -2.16. The van der Waals surface area contributed by atoms with Crippen LogP contribution in [0.4, 0.5) is 5.69 Å². The van der Waals surface area contributed by atoms with Crippen molar-refractivity contribution in [2.45, 2.75) is 18.4 Å². The summed E-state index contributed by atoms with van der Waals surface area (Å²) in [6.07, 6.45) is 2.54. The van der Waals surface area contributed by atoms with E-state index in [4.69, 9.17) is 0 Å². The normalized spacial score (nSPS) is 11.0. The first-order valence-electron chi connectivity index (χ1n) is 7.18. The molecule has 2 aromatic rings. The number of aryl methyl sites for hydroxylation is 1. The summed E-state index contributed by atoms with van der Waals surface area (Å²) in [6.45, 7) is 2.31. The van der Waals surface area contributed by atoms with Gasteiger partial charge in [0.2, 0.25) is 0 Å². The van der Waals surface area contributed by atoms with E-state index in [1.165, 1.54) is 49.5 Å². The molecule has 2 rings (SSSR count). The quantitative estimate of drug-likeness (QED) is 0.764. The molecule has 0 atom stereocenters. The number of hydrogen-bond donors (Lipinski definition) is 1. The van der Waals surface area contributed by atoms with E-state index in [2.05, 4.69) is 19.3 Å². The highest BCUT2D eigenvalue weighted by atomic mass is 32.2. The molecular formula is C15H17N3O6S. The summed E-state index contributed by atoms with van der Waals surface area (Å²) >= 11 is 0. The number of nitrogens with one attached hydrogen (secondary N) is 1. The molecule has 0 amide bonds. The fourth-order valence-corrected chi connectivity index (χ4v) is 3.04. The first-order valence-corrected chi connectivity index (χ1v) is 8.66. The number of nitrogens with zero attached hydrogens (tertiary/aromatic N) is 2. The minimum absolute atomic E-state index is 0.0402. The molecule has 25 heavy (non-hydrogen) atoms. The Labute approximate surface area is 144 Å². The maximum absolute atomic E-state index is 12.5. The average molecular weight is 367 g/mol. The summed E-state index contributed by atoms with van der Waals surface area (Å²) in [6, 6.07) is 3.83. The van der Waals surface area contributed by atoms with Gasteiger partial charge in [-0.15, -0.1) is 0 Å². The summed E-state index contributed by atoms with van der Waals surface area (Å²) in [5, 5.41) is 3.91. The molecule has 0 aliphatic carbocycles. The first kappa shape index (κ1) is 18.5. The molecule has 0 bridgehead atoms. The van der Waals surface area contributed by atoms with Gasteiger partial charge in [-0.2, -0.15) is 5.10 Å². The molecule has 0 aliphatic heterocycles. The molecule has 9 nitrogen and oxygen atoms in total. The Morgan fingerprint density at radius 3 is 2.44 bits per heavy atom. The molecule has 0 saturated carbocycles. The van der Waals surface area contributed by atoms with Crippen molar-refractivity contribution in [3.05, 3.63) is 41.7 Å². The van der Waals surface area contributed by atoms with Crippen molar-refractivity contribution in [3.63, 3.8) is 0 Å². The second kappa shape index (κ2) is 7.34. The van der Waals surface area contributed by atoms with Gasteiger partial charge in [0.15, 0.2) is 0 Å². The van der Waals surface area contributed by atoms with Crippen molar-refractivity contribution in [2.24, 2.45) is 0 Å². The Morgan fingerprint density at radius 2 is 1.88 bits per heavy atom. The first-order chi connectivity index (χ1) is 11.8. The molecule has 1 heterocycles. The molecular weight excluding hydrogens is 350 g/mol. The van der Waals surface area contributed by atoms with Crippen LogP contribution >= 0.6 is 0 Å². The number of ether oxygens (including phenoxy) is 2. The van der Waals surface area contributed by atoms with Crippen LogP contribution in [-0.2, 0) is 26.0 Å². The lowest BCUT2D eigenvalue weighted by molar-refractivity contribution is 0.0587. The second-order valence-corrected chi connectivity index (χ2v) is 6.56. The van der Waals surface area contributed by atoms with Gasteiger partial charge in [-0.25, -0.2) is 18.0 Å². The minimum atomic E-state index is -4.01. The van der Waals surface area contributed by atoms with Crippen LogP contribution in [0.25, 0.3) is 0 Å². The number of benzene rings is 1. The summed E-state index contributed by atoms with van der Waals surface area (Å²) in [4.78, 5) is 23.5. The van der Waals surface area contributed by atoms with Crippen LogP contribution in [0.3, 0.4) is 0 Å². The van der Waals surface area contributed by atoms with Crippen molar-refractivity contribution in [1.82, 2.24) is 9.78 Å². The van der Waals surface area contributed by atoms with Crippen LogP contribution < -0.4 is 4.72 Å². The molecule has 1 N–H and O–H groups in total. The third-order valence-electron chi connectivity index (χ3n) is 3.33. The largest absolute Gasteiger partial charge is 0.465 e. The summed E-state index contributed by atoms with van der Waals surface area (Å²) < 4.78 is 38.0. The number of methoxy groups -OCH3 is 2. The fraction of sp³-hybridized carbons (Fsp3) is 0.267. The van der Waals surface area contributed by atoms with Crippen LogP contribution in [0.1, 0.15) is 27.6 Å². The lowest BCUT2D eigenvalue weighted by Gasteiger charge is -2.12. The topological polar surface area (TPSA) is 117 Å². The van der Waals surface area contributed by atoms with Gasteiger partial charge >= 0.3 is 11.9 Å². The highest BCUT2D eigenvalue weighted by Crippen LogP contribution is 2.23. The second-order valence-electron chi connectivity index (χ2n) is 4.88. The van der Waals surface area contributed by atoms with Gasteiger partial charge in [-0.05, 0) is 25.1 Å². The summed E-state index contributed by atoms with van der Waals surface area (Å²) in [5.41, 5.74) is -0.0577. The van der Waals surface area contributed by atoms with Crippen molar-refractivity contribution in [2.75, 3.05) is 18.9 Å². The predicted molar refractivity (Wildman–Crippen MR) is 87.8 cm³/mol. The molecule has 0 aliphatic rings. The Hall–Kier alpha value is -2.88. The highest BCUT2D eigenvalue weighted by molar-refractivity contribution is 7.92.